The Hall–Kier alpha value is -0.0800. The lowest BCUT2D eigenvalue weighted by atomic mass is 9.89. The number of nitrogens with zero attached hydrogens (tertiary/aromatic N) is 1. The zero-order valence-electron chi connectivity index (χ0n) is 11.4. The molecule has 0 amide bonds. The number of hydrogen-bond donors (Lipinski definition) is 1. The molecule has 2 N–H and O–H groups in total. The average Bonchev–Trinajstić information content (AvgIpc) is 2.28. The van der Waals surface area contributed by atoms with Crippen LogP contribution in [0.25, 0.3) is 0 Å². The highest BCUT2D eigenvalue weighted by atomic mass is 15.2. The molecule has 2 heteroatoms. The summed E-state index contributed by atoms with van der Waals surface area (Å²) in [7, 11) is 0. The Morgan fingerprint density at radius 1 is 1.25 bits per heavy atom. The second kappa shape index (κ2) is 7.29. The normalized spacial score (nSPS) is 27.6. The van der Waals surface area contributed by atoms with Crippen LogP contribution in [0.4, 0.5) is 0 Å². The standard InChI is InChI=1S/C14H30N2/c1-4-6-13(7-5-2)16-9-8-12(3)10-14(16)11-15/h12-14H,4-11,15H2,1-3H3. The van der Waals surface area contributed by atoms with E-state index in [1.807, 2.05) is 0 Å². The van der Waals surface area contributed by atoms with Gasteiger partial charge >= 0.3 is 0 Å². The Morgan fingerprint density at radius 2 is 1.88 bits per heavy atom. The minimum Gasteiger partial charge on any atom is -0.329 e. The van der Waals surface area contributed by atoms with Crippen LogP contribution in [-0.4, -0.2) is 30.1 Å². The van der Waals surface area contributed by atoms with E-state index in [-0.39, 0.29) is 0 Å². The SMILES string of the molecule is CCCC(CCC)N1CCC(C)CC1CN. The van der Waals surface area contributed by atoms with Crippen LogP contribution in [0.1, 0.15) is 59.3 Å². The van der Waals surface area contributed by atoms with Crippen molar-refractivity contribution in [2.45, 2.75) is 71.4 Å². The minimum absolute atomic E-state index is 0.645. The Balaban J connectivity index is 2.58. The van der Waals surface area contributed by atoms with Gasteiger partial charge in [0.15, 0.2) is 0 Å². The van der Waals surface area contributed by atoms with Gasteiger partial charge in [-0.2, -0.15) is 0 Å². The van der Waals surface area contributed by atoms with Crippen molar-refractivity contribution in [3.63, 3.8) is 0 Å². The highest BCUT2D eigenvalue weighted by molar-refractivity contribution is 4.85. The summed E-state index contributed by atoms with van der Waals surface area (Å²) in [4.78, 5) is 2.72. The highest BCUT2D eigenvalue weighted by Gasteiger charge is 2.29. The molecule has 0 aliphatic carbocycles. The van der Waals surface area contributed by atoms with Gasteiger partial charge in [-0.25, -0.2) is 0 Å². The van der Waals surface area contributed by atoms with E-state index in [1.165, 1.54) is 45.1 Å². The second-order valence-corrected chi connectivity index (χ2v) is 5.49. The third-order valence-electron chi connectivity index (χ3n) is 4.01. The van der Waals surface area contributed by atoms with Crippen molar-refractivity contribution in [3.8, 4) is 0 Å². The third-order valence-corrected chi connectivity index (χ3v) is 4.01. The van der Waals surface area contributed by atoms with E-state index in [9.17, 15) is 0 Å². The quantitative estimate of drug-likeness (QED) is 0.754. The zero-order chi connectivity index (χ0) is 12.0. The summed E-state index contributed by atoms with van der Waals surface area (Å²) in [6, 6.07) is 1.43. The van der Waals surface area contributed by atoms with Gasteiger partial charge < -0.3 is 5.73 Å². The molecular formula is C14H30N2. The molecular weight excluding hydrogens is 196 g/mol. The van der Waals surface area contributed by atoms with Gasteiger partial charge in [-0.3, -0.25) is 4.90 Å². The zero-order valence-corrected chi connectivity index (χ0v) is 11.4. The van der Waals surface area contributed by atoms with Crippen LogP contribution in [-0.2, 0) is 0 Å². The van der Waals surface area contributed by atoms with E-state index < -0.39 is 0 Å². The maximum atomic E-state index is 5.94. The van der Waals surface area contributed by atoms with Gasteiger partial charge in [-0.15, -0.1) is 0 Å². The fraction of sp³-hybridized carbons (Fsp3) is 1.00. The third kappa shape index (κ3) is 3.74. The summed E-state index contributed by atoms with van der Waals surface area (Å²) in [6.45, 7) is 9.08. The minimum atomic E-state index is 0.645. The molecule has 1 aliphatic heterocycles. The monoisotopic (exact) mass is 226 g/mol. The molecule has 1 saturated heterocycles. The number of likely N-dealkylation sites (tertiary alicyclic amines) is 1. The summed E-state index contributed by atoms with van der Waals surface area (Å²) in [6.07, 6.45) is 7.96. The summed E-state index contributed by atoms with van der Waals surface area (Å²) < 4.78 is 0. The molecule has 96 valence electrons. The Morgan fingerprint density at radius 3 is 2.38 bits per heavy atom. The van der Waals surface area contributed by atoms with Crippen LogP contribution in [0, 0.1) is 5.92 Å². The van der Waals surface area contributed by atoms with Crippen LogP contribution in [0.3, 0.4) is 0 Å². The van der Waals surface area contributed by atoms with E-state index in [0.717, 1.165) is 18.5 Å². The first-order chi connectivity index (χ1) is 7.72. The van der Waals surface area contributed by atoms with Crippen molar-refractivity contribution in [3.05, 3.63) is 0 Å². The smallest absolute Gasteiger partial charge is 0.0223 e. The maximum absolute atomic E-state index is 5.94. The van der Waals surface area contributed by atoms with Crippen molar-refractivity contribution in [1.82, 2.24) is 4.90 Å². The number of piperidine rings is 1. The van der Waals surface area contributed by atoms with Gasteiger partial charge in [0, 0.05) is 18.6 Å². The number of hydrogen-bond acceptors (Lipinski definition) is 2. The molecule has 1 aliphatic rings. The molecule has 1 rings (SSSR count). The molecule has 0 aromatic carbocycles. The first-order valence-corrected chi connectivity index (χ1v) is 7.18. The van der Waals surface area contributed by atoms with Gasteiger partial charge in [0.2, 0.25) is 0 Å². The first-order valence-electron chi connectivity index (χ1n) is 7.18. The van der Waals surface area contributed by atoms with Crippen molar-refractivity contribution in [2.24, 2.45) is 11.7 Å². The lowest BCUT2D eigenvalue weighted by Gasteiger charge is -2.43. The van der Waals surface area contributed by atoms with Gasteiger partial charge in [-0.1, -0.05) is 33.6 Å². The van der Waals surface area contributed by atoms with E-state index in [1.54, 1.807) is 0 Å². The molecule has 2 atom stereocenters. The largest absolute Gasteiger partial charge is 0.329 e. The topological polar surface area (TPSA) is 29.3 Å². The van der Waals surface area contributed by atoms with Gasteiger partial charge in [0.05, 0.1) is 0 Å². The summed E-state index contributed by atoms with van der Waals surface area (Å²) in [5.74, 6) is 0.869. The first kappa shape index (κ1) is 14.0. The molecule has 1 fully saturated rings. The van der Waals surface area contributed by atoms with Gasteiger partial charge in [0.1, 0.15) is 0 Å². The molecule has 0 bridgehead atoms. The number of rotatable bonds is 6. The summed E-state index contributed by atoms with van der Waals surface area (Å²) in [5.41, 5.74) is 5.94. The van der Waals surface area contributed by atoms with Crippen LogP contribution in [0.15, 0.2) is 0 Å². The predicted molar refractivity (Wildman–Crippen MR) is 71.6 cm³/mol. The van der Waals surface area contributed by atoms with Gasteiger partial charge in [0.25, 0.3) is 0 Å². The van der Waals surface area contributed by atoms with Crippen LogP contribution < -0.4 is 5.73 Å². The molecule has 0 radical (unpaired) electrons. The highest BCUT2D eigenvalue weighted by Crippen LogP contribution is 2.26. The van der Waals surface area contributed by atoms with Crippen molar-refractivity contribution in [2.75, 3.05) is 13.1 Å². The van der Waals surface area contributed by atoms with Gasteiger partial charge in [-0.05, 0) is 38.1 Å². The molecule has 0 aromatic rings. The second-order valence-electron chi connectivity index (χ2n) is 5.49. The van der Waals surface area contributed by atoms with E-state index in [0.29, 0.717) is 6.04 Å². The average molecular weight is 226 g/mol. The Kier molecular flexibility index (Phi) is 6.37. The van der Waals surface area contributed by atoms with Crippen molar-refractivity contribution < 1.29 is 0 Å². The van der Waals surface area contributed by atoms with Crippen molar-refractivity contribution >= 4 is 0 Å². The molecule has 2 unspecified atom stereocenters. The van der Waals surface area contributed by atoms with Crippen LogP contribution in [0.2, 0.25) is 0 Å². The van der Waals surface area contributed by atoms with Crippen molar-refractivity contribution in [1.29, 1.82) is 0 Å². The predicted octanol–water partition coefficient (Wildman–Crippen LogP) is 3.01. The molecule has 2 nitrogen and oxygen atoms in total. The van der Waals surface area contributed by atoms with E-state index in [2.05, 4.69) is 25.7 Å². The summed E-state index contributed by atoms with van der Waals surface area (Å²) >= 11 is 0. The summed E-state index contributed by atoms with van der Waals surface area (Å²) in [5, 5.41) is 0. The Bertz CT molecular complexity index is 176. The lowest BCUT2D eigenvalue weighted by molar-refractivity contribution is 0.0666. The number of nitrogens with two attached hydrogens (primary N) is 1. The molecule has 0 saturated carbocycles. The lowest BCUT2D eigenvalue weighted by Crippen LogP contribution is -2.51. The molecule has 1 heterocycles. The fourth-order valence-electron chi connectivity index (χ4n) is 3.12. The van der Waals surface area contributed by atoms with E-state index >= 15 is 0 Å². The maximum Gasteiger partial charge on any atom is 0.0223 e. The van der Waals surface area contributed by atoms with E-state index in [4.69, 9.17) is 5.73 Å². The van der Waals surface area contributed by atoms with Crippen LogP contribution >= 0.6 is 0 Å². The fourth-order valence-corrected chi connectivity index (χ4v) is 3.12. The van der Waals surface area contributed by atoms with Crippen LogP contribution in [0.5, 0.6) is 0 Å². The molecule has 16 heavy (non-hydrogen) atoms. The molecule has 0 aromatic heterocycles. The molecule has 0 spiro atoms. The Labute approximate surface area is 102 Å².